The van der Waals surface area contributed by atoms with Crippen LogP contribution in [0.4, 0.5) is 13.2 Å². The maximum Gasteiger partial charge on any atom is 0.390 e. The van der Waals surface area contributed by atoms with Crippen molar-refractivity contribution in [3.63, 3.8) is 0 Å². The van der Waals surface area contributed by atoms with Gasteiger partial charge < -0.3 is 5.32 Å². The van der Waals surface area contributed by atoms with Gasteiger partial charge in [-0.1, -0.05) is 0 Å². The van der Waals surface area contributed by atoms with Gasteiger partial charge in [0.25, 0.3) is 0 Å². The van der Waals surface area contributed by atoms with E-state index in [1.165, 1.54) is 0 Å². The molecule has 96 valence electrons. The normalized spacial score (nSPS) is 22.6. The van der Waals surface area contributed by atoms with Crippen LogP contribution in [-0.4, -0.2) is 38.7 Å². The first-order valence-electron chi connectivity index (χ1n) is 5.29. The Morgan fingerprint density at radius 1 is 1.25 bits per heavy atom. The predicted octanol–water partition coefficient (Wildman–Crippen LogP) is 1.50. The first kappa shape index (κ1) is 13.8. The zero-order chi connectivity index (χ0) is 12.2. The second-order valence-electron chi connectivity index (χ2n) is 4.10. The highest BCUT2D eigenvalue weighted by molar-refractivity contribution is 7.91. The van der Waals surface area contributed by atoms with Gasteiger partial charge in [0.2, 0.25) is 0 Å². The summed E-state index contributed by atoms with van der Waals surface area (Å²) in [7, 11) is -3.56. The summed E-state index contributed by atoms with van der Waals surface area (Å²) in [6.07, 6.45) is -3.30. The molecule has 0 amide bonds. The number of hydrogen-bond acceptors (Lipinski definition) is 3. The largest absolute Gasteiger partial charge is 0.390 e. The molecule has 0 aromatic rings. The summed E-state index contributed by atoms with van der Waals surface area (Å²) in [4.78, 5) is 0. The van der Waals surface area contributed by atoms with E-state index < -0.39 is 28.2 Å². The molecule has 1 saturated heterocycles. The average Bonchev–Trinajstić information content (AvgIpc) is 2.64. The van der Waals surface area contributed by atoms with Crippen LogP contribution in [0.15, 0.2) is 0 Å². The zero-order valence-electron chi connectivity index (χ0n) is 8.89. The highest BCUT2D eigenvalue weighted by Gasteiger charge is 2.30. The van der Waals surface area contributed by atoms with Gasteiger partial charge in [-0.15, -0.1) is 0 Å². The Hall–Kier alpha value is -0.300. The Balaban J connectivity index is 2.28. The molecular weight excluding hydrogens is 243 g/mol. The topological polar surface area (TPSA) is 46.2 Å². The van der Waals surface area contributed by atoms with Crippen LogP contribution >= 0.6 is 0 Å². The SMILES string of the molecule is O=S(=O)(CC[C@H]1CCCN1)CCC(F)(F)F. The second kappa shape index (κ2) is 5.35. The molecule has 1 rings (SSSR count). The molecule has 0 unspecified atom stereocenters. The van der Waals surface area contributed by atoms with E-state index in [4.69, 9.17) is 0 Å². The van der Waals surface area contributed by atoms with Crippen molar-refractivity contribution in [1.82, 2.24) is 5.32 Å². The van der Waals surface area contributed by atoms with Gasteiger partial charge in [0.15, 0.2) is 9.84 Å². The predicted molar refractivity (Wildman–Crippen MR) is 55.0 cm³/mol. The maximum atomic E-state index is 11.9. The summed E-state index contributed by atoms with van der Waals surface area (Å²) < 4.78 is 58.2. The van der Waals surface area contributed by atoms with Crippen molar-refractivity contribution in [2.24, 2.45) is 0 Å². The molecule has 0 aliphatic carbocycles. The van der Waals surface area contributed by atoms with Crippen LogP contribution in [0.2, 0.25) is 0 Å². The summed E-state index contributed by atoms with van der Waals surface area (Å²) >= 11 is 0. The molecule has 0 saturated carbocycles. The molecule has 1 atom stereocenters. The third-order valence-corrected chi connectivity index (χ3v) is 4.32. The van der Waals surface area contributed by atoms with E-state index in [1.54, 1.807) is 0 Å². The van der Waals surface area contributed by atoms with Gasteiger partial charge in [-0.2, -0.15) is 13.2 Å². The molecule has 0 aromatic carbocycles. The maximum absolute atomic E-state index is 11.9. The smallest absolute Gasteiger partial charge is 0.314 e. The third-order valence-electron chi connectivity index (χ3n) is 2.64. The quantitative estimate of drug-likeness (QED) is 0.813. The molecule has 1 aliphatic rings. The average molecular weight is 259 g/mol. The van der Waals surface area contributed by atoms with Crippen LogP contribution < -0.4 is 5.32 Å². The van der Waals surface area contributed by atoms with E-state index in [9.17, 15) is 21.6 Å². The Labute approximate surface area is 93.3 Å². The van der Waals surface area contributed by atoms with Gasteiger partial charge in [-0.05, 0) is 25.8 Å². The number of hydrogen-bond donors (Lipinski definition) is 1. The summed E-state index contributed by atoms with van der Waals surface area (Å²) in [5.41, 5.74) is 0. The first-order chi connectivity index (χ1) is 7.29. The first-order valence-corrected chi connectivity index (χ1v) is 7.11. The number of sulfone groups is 1. The summed E-state index contributed by atoms with van der Waals surface area (Å²) in [6, 6.07) is 0.153. The summed E-state index contributed by atoms with van der Waals surface area (Å²) in [5.74, 6) is -0.941. The monoisotopic (exact) mass is 259 g/mol. The van der Waals surface area contributed by atoms with Crippen molar-refractivity contribution in [2.45, 2.75) is 37.9 Å². The van der Waals surface area contributed by atoms with Crippen LogP contribution in [0.5, 0.6) is 0 Å². The van der Waals surface area contributed by atoms with Gasteiger partial charge in [0.05, 0.1) is 17.9 Å². The fourth-order valence-corrected chi connectivity index (χ4v) is 3.09. The lowest BCUT2D eigenvalue weighted by molar-refractivity contribution is -0.129. The van der Waals surface area contributed by atoms with E-state index in [-0.39, 0.29) is 11.8 Å². The lowest BCUT2D eigenvalue weighted by Gasteiger charge is -2.11. The van der Waals surface area contributed by atoms with E-state index in [0.717, 1.165) is 19.4 Å². The van der Waals surface area contributed by atoms with Gasteiger partial charge >= 0.3 is 6.18 Å². The van der Waals surface area contributed by atoms with Gasteiger partial charge in [-0.25, -0.2) is 8.42 Å². The minimum Gasteiger partial charge on any atom is -0.314 e. The fraction of sp³-hybridized carbons (Fsp3) is 1.00. The number of halogens is 3. The molecule has 16 heavy (non-hydrogen) atoms. The van der Waals surface area contributed by atoms with E-state index >= 15 is 0 Å². The van der Waals surface area contributed by atoms with Gasteiger partial charge in [-0.3, -0.25) is 0 Å². The van der Waals surface area contributed by atoms with Crippen molar-refractivity contribution in [3.8, 4) is 0 Å². The molecule has 0 radical (unpaired) electrons. The molecular formula is C9H16F3NO2S. The Morgan fingerprint density at radius 3 is 2.44 bits per heavy atom. The molecule has 0 spiro atoms. The second-order valence-corrected chi connectivity index (χ2v) is 6.40. The number of alkyl halides is 3. The summed E-state index contributed by atoms with van der Waals surface area (Å²) in [6.45, 7) is 0.868. The molecule has 7 heteroatoms. The number of rotatable bonds is 5. The van der Waals surface area contributed by atoms with Crippen molar-refractivity contribution in [2.75, 3.05) is 18.1 Å². The molecule has 3 nitrogen and oxygen atoms in total. The van der Waals surface area contributed by atoms with Gasteiger partial charge in [0, 0.05) is 6.04 Å². The number of nitrogens with one attached hydrogen (secondary N) is 1. The Bertz CT molecular complexity index is 307. The van der Waals surface area contributed by atoms with E-state index in [2.05, 4.69) is 5.32 Å². The zero-order valence-corrected chi connectivity index (χ0v) is 9.70. The fourth-order valence-electron chi connectivity index (χ4n) is 1.70. The molecule has 0 aromatic heterocycles. The van der Waals surface area contributed by atoms with Crippen LogP contribution in [-0.2, 0) is 9.84 Å². The minimum atomic E-state index is -4.39. The lowest BCUT2D eigenvalue weighted by Crippen LogP contribution is -2.26. The molecule has 1 aliphatic heterocycles. The van der Waals surface area contributed by atoms with Crippen LogP contribution in [0, 0.1) is 0 Å². The molecule has 1 fully saturated rings. The van der Waals surface area contributed by atoms with E-state index in [1.807, 2.05) is 0 Å². The van der Waals surface area contributed by atoms with E-state index in [0.29, 0.717) is 6.42 Å². The third kappa shape index (κ3) is 5.69. The Morgan fingerprint density at radius 2 is 1.94 bits per heavy atom. The van der Waals surface area contributed by atoms with Crippen molar-refractivity contribution in [1.29, 1.82) is 0 Å². The lowest BCUT2D eigenvalue weighted by atomic mass is 10.2. The van der Waals surface area contributed by atoms with Crippen LogP contribution in [0.1, 0.15) is 25.7 Å². The Kier molecular flexibility index (Phi) is 4.61. The molecule has 0 bridgehead atoms. The van der Waals surface area contributed by atoms with Gasteiger partial charge in [0.1, 0.15) is 0 Å². The van der Waals surface area contributed by atoms with Crippen molar-refractivity contribution >= 4 is 9.84 Å². The van der Waals surface area contributed by atoms with Crippen molar-refractivity contribution < 1.29 is 21.6 Å². The summed E-state index contributed by atoms with van der Waals surface area (Å²) in [5, 5.41) is 3.11. The van der Waals surface area contributed by atoms with Crippen molar-refractivity contribution in [3.05, 3.63) is 0 Å². The highest BCUT2D eigenvalue weighted by atomic mass is 32.2. The minimum absolute atomic E-state index is 0.152. The highest BCUT2D eigenvalue weighted by Crippen LogP contribution is 2.20. The molecule has 1 N–H and O–H groups in total. The standard InChI is InChI=1S/C9H16F3NO2S/c10-9(11,12)4-7-16(14,15)6-3-8-2-1-5-13-8/h8,13H,1-7H2/t8-/m1/s1. The van der Waals surface area contributed by atoms with Crippen LogP contribution in [0.3, 0.4) is 0 Å². The molecule has 1 heterocycles. The van der Waals surface area contributed by atoms with Crippen LogP contribution in [0.25, 0.3) is 0 Å².